The van der Waals surface area contributed by atoms with Crippen molar-refractivity contribution in [2.75, 3.05) is 6.54 Å². The van der Waals surface area contributed by atoms with Gasteiger partial charge in [0.1, 0.15) is 23.4 Å². The minimum atomic E-state index is -0.841. The summed E-state index contributed by atoms with van der Waals surface area (Å²) in [6.45, 7) is 2.20. The smallest absolute Gasteiger partial charge is 0.295 e. The molecule has 2 heterocycles. The van der Waals surface area contributed by atoms with Crippen LogP contribution in [0, 0.1) is 5.82 Å². The standard InChI is InChI=1S/C28H23ClFNO4/c1-16-14-20-15-19(6-11-23(20)35-16)26(32)24-25(18-4-9-22(30)10-5-18)31(28(34)27(24)33)13-12-17-2-7-21(29)8-3-17/h2-11,15-16,25,32H,12-14H2,1H3/b26-24-. The van der Waals surface area contributed by atoms with Crippen LogP contribution in [0.15, 0.2) is 72.3 Å². The van der Waals surface area contributed by atoms with Gasteiger partial charge in [0.05, 0.1) is 11.6 Å². The average molecular weight is 492 g/mol. The summed E-state index contributed by atoms with van der Waals surface area (Å²) in [6.07, 6.45) is 1.20. The molecule has 7 heteroatoms. The number of hydrogen-bond acceptors (Lipinski definition) is 4. The van der Waals surface area contributed by atoms with Gasteiger partial charge < -0.3 is 14.7 Å². The predicted molar refractivity (Wildman–Crippen MR) is 131 cm³/mol. The van der Waals surface area contributed by atoms with Gasteiger partial charge in [-0.05, 0) is 72.5 Å². The third-order valence-electron chi connectivity index (χ3n) is 6.45. The number of amides is 1. The summed E-state index contributed by atoms with van der Waals surface area (Å²) in [5, 5.41) is 11.9. The zero-order chi connectivity index (χ0) is 24.7. The number of benzene rings is 3. The molecule has 0 radical (unpaired) electrons. The summed E-state index contributed by atoms with van der Waals surface area (Å²) >= 11 is 5.97. The lowest BCUT2D eigenvalue weighted by atomic mass is 9.94. The van der Waals surface area contributed by atoms with Crippen LogP contribution in [-0.4, -0.2) is 34.3 Å². The van der Waals surface area contributed by atoms with Gasteiger partial charge in [-0.25, -0.2) is 4.39 Å². The van der Waals surface area contributed by atoms with Gasteiger partial charge in [0.2, 0.25) is 0 Å². The van der Waals surface area contributed by atoms with Gasteiger partial charge >= 0.3 is 0 Å². The molecule has 0 spiro atoms. The number of aliphatic hydroxyl groups excluding tert-OH is 1. The molecule has 1 N–H and O–H groups in total. The van der Waals surface area contributed by atoms with Gasteiger partial charge in [0.25, 0.3) is 11.7 Å². The molecular weight excluding hydrogens is 469 g/mol. The summed E-state index contributed by atoms with van der Waals surface area (Å²) < 4.78 is 19.4. The van der Waals surface area contributed by atoms with Crippen molar-refractivity contribution in [1.82, 2.24) is 4.90 Å². The molecule has 1 saturated heterocycles. The van der Waals surface area contributed by atoms with Crippen molar-refractivity contribution in [3.63, 3.8) is 0 Å². The highest BCUT2D eigenvalue weighted by Crippen LogP contribution is 2.40. The number of carbonyl (C=O) groups excluding carboxylic acids is 2. The van der Waals surface area contributed by atoms with E-state index >= 15 is 0 Å². The van der Waals surface area contributed by atoms with E-state index in [0.717, 1.165) is 16.9 Å². The molecule has 178 valence electrons. The fourth-order valence-electron chi connectivity index (χ4n) is 4.73. The summed E-state index contributed by atoms with van der Waals surface area (Å²) in [6, 6.07) is 17.3. The van der Waals surface area contributed by atoms with Gasteiger partial charge in [0, 0.05) is 23.6 Å². The lowest BCUT2D eigenvalue weighted by Gasteiger charge is -2.25. The highest BCUT2D eigenvalue weighted by molar-refractivity contribution is 6.46. The van der Waals surface area contributed by atoms with Crippen LogP contribution < -0.4 is 4.74 Å². The molecule has 2 aliphatic rings. The minimum Gasteiger partial charge on any atom is -0.507 e. The maximum Gasteiger partial charge on any atom is 0.295 e. The predicted octanol–water partition coefficient (Wildman–Crippen LogP) is 5.47. The summed E-state index contributed by atoms with van der Waals surface area (Å²) in [4.78, 5) is 27.8. The molecule has 5 rings (SSSR count). The first kappa shape index (κ1) is 23.1. The molecule has 2 aliphatic heterocycles. The second kappa shape index (κ2) is 9.19. The number of carbonyl (C=O) groups is 2. The van der Waals surface area contributed by atoms with Crippen LogP contribution in [0.2, 0.25) is 5.02 Å². The van der Waals surface area contributed by atoms with Crippen molar-refractivity contribution in [2.24, 2.45) is 0 Å². The Morgan fingerprint density at radius 3 is 2.51 bits per heavy atom. The van der Waals surface area contributed by atoms with E-state index < -0.39 is 23.5 Å². The van der Waals surface area contributed by atoms with E-state index in [-0.39, 0.29) is 24.0 Å². The fourth-order valence-corrected chi connectivity index (χ4v) is 4.85. The monoisotopic (exact) mass is 491 g/mol. The van der Waals surface area contributed by atoms with E-state index in [9.17, 15) is 19.1 Å². The summed E-state index contributed by atoms with van der Waals surface area (Å²) in [5.41, 5.74) is 2.84. The van der Waals surface area contributed by atoms with Gasteiger partial charge in [0.15, 0.2) is 0 Å². The molecule has 0 aromatic heterocycles. The number of aliphatic hydroxyl groups is 1. The van der Waals surface area contributed by atoms with Crippen LogP contribution in [0.1, 0.15) is 35.2 Å². The van der Waals surface area contributed by atoms with E-state index in [2.05, 4.69) is 0 Å². The Bertz CT molecular complexity index is 1330. The zero-order valence-electron chi connectivity index (χ0n) is 19.0. The van der Waals surface area contributed by atoms with Crippen molar-refractivity contribution < 1.29 is 23.8 Å². The van der Waals surface area contributed by atoms with Crippen LogP contribution >= 0.6 is 11.6 Å². The number of fused-ring (bicyclic) bond motifs is 1. The van der Waals surface area contributed by atoms with Crippen LogP contribution in [0.5, 0.6) is 5.75 Å². The number of Topliss-reactive ketones (excluding diaryl/α,β-unsaturated/α-hetero) is 1. The van der Waals surface area contributed by atoms with Crippen molar-refractivity contribution in [1.29, 1.82) is 0 Å². The number of nitrogens with zero attached hydrogens (tertiary/aromatic N) is 1. The Kier molecular flexibility index (Phi) is 6.07. The van der Waals surface area contributed by atoms with Crippen LogP contribution in [0.25, 0.3) is 5.76 Å². The molecular formula is C28H23ClFNO4. The molecule has 35 heavy (non-hydrogen) atoms. The van der Waals surface area contributed by atoms with Gasteiger partial charge in [-0.15, -0.1) is 0 Å². The van der Waals surface area contributed by atoms with E-state index in [1.165, 1.54) is 29.2 Å². The van der Waals surface area contributed by atoms with E-state index in [4.69, 9.17) is 16.3 Å². The van der Waals surface area contributed by atoms with Gasteiger partial charge in [-0.1, -0.05) is 35.9 Å². The van der Waals surface area contributed by atoms with Gasteiger partial charge in [-0.3, -0.25) is 9.59 Å². The topological polar surface area (TPSA) is 66.8 Å². The second-order valence-corrected chi connectivity index (χ2v) is 9.31. The fraction of sp³-hybridized carbons (Fsp3) is 0.214. The van der Waals surface area contributed by atoms with Crippen molar-refractivity contribution in [3.8, 4) is 5.75 Å². The van der Waals surface area contributed by atoms with E-state index in [1.54, 1.807) is 30.3 Å². The molecule has 1 fully saturated rings. The Morgan fingerprint density at radius 1 is 1.09 bits per heavy atom. The van der Waals surface area contributed by atoms with Crippen molar-refractivity contribution in [3.05, 3.63) is 105 Å². The summed E-state index contributed by atoms with van der Waals surface area (Å²) in [5.74, 6) is -1.41. The number of ketones is 1. The van der Waals surface area contributed by atoms with Crippen molar-refractivity contribution >= 4 is 29.1 Å². The molecule has 1 amide bonds. The Labute approximate surface area is 207 Å². The molecule has 0 bridgehead atoms. The van der Waals surface area contributed by atoms with E-state index in [0.29, 0.717) is 29.0 Å². The lowest BCUT2D eigenvalue weighted by Crippen LogP contribution is -2.31. The van der Waals surface area contributed by atoms with Crippen LogP contribution in [-0.2, 0) is 22.4 Å². The maximum absolute atomic E-state index is 13.7. The highest BCUT2D eigenvalue weighted by atomic mass is 35.5. The van der Waals surface area contributed by atoms with Crippen LogP contribution in [0.4, 0.5) is 4.39 Å². The first-order valence-corrected chi connectivity index (χ1v) is 11.8. The van der Waals surface area contributed by atoms with E-state index in [1.807, 2.05) is 19.1 Å². The molecule has 0 aliphatic carbocycles. The zero-order valence-corrected chi connectivity index (χ0v) is 19.8. The highest BCUT2D eigenvalue weighted by Gasteiger charge is 2.46. The number of rotatable bonds is 5. The lowest BCUT2D eigenvalue weighted by molar-refractivity contribution is -0.139. The molecule has 0 saturated carbocycles. The third kappa shape index (κ3) is 4.42. The number of hydrogen-bond donors (Lipinski definition) is 1. The van der Waals surface area contributed by atoms with Crippen LogP contribution in [0.3, 0.4) is 0 Å². The molecule has 2 atom stereocenters. The number of ether oxygens (including phenoxy) is 1. The number of halogens is 2. The second-order valence-electron chi connectivity index (χ2n) is 8.88. The quantitative estimate of drug-likeness (QED) is 0.292. The molecule has 3 aromatic carbocycles. The first-order chi connectivity index (χ1) is 16.8. The Balaban J connectivity index is 1.55. The Hall–Kier alpha value is -3.64. The molecule has 2 unspecified atom stereocenters. The van der Waals surface area contributed by atoms with Gasteiger partial charge in [-0.2, -0.15) is 0 Å². The maximum atomic E-state index is 13.7. The third-order valence-corrected chi connectivity index (χ3v) is 6.70. The number of likely N-dealkylation sites (tertiary alicyclic amines) is 1. The largest absolute Gasteiger partial charge is 0.507 e. The Morgan fingerprint density at radius 2 is 1.80 bits per heavy atom. The SMILES string of the molecule is CC1Cc2cc(/C(O)=C3/C(=O)C(=O)N(CCc4ccc(Cl)cc4)C3c3ccc(F)cc3)ccc2O1. The summed E-state index contributed by atoms with van der Waals surface area (Å²) in [7, 11) is 0. The molecule has 3 aromatic rings. The first-order valence-electron chi connectivity index (χ1n) is 11.4. The average Bonchev–Trinajstić information content (AvgIpc) is 3.34. The molecule has 5 nitrogen and oxygen atoms in total. The van der Waals surface area contributed by atoms with Crippen molar-refractivity contribution in [2.45, 2.75) is 31.9 Å². The minimum absolute atomic E-state index is 0.00960. The normalized spacial score (nSPS) is 20.7.